The third-order valence-electron chi connectivity index (χ3n) is 8.59. The number of ether oxygens (including phenoxy) is 5. The topological polar surface area (TPSA) is 127 Å². The highest BCUT2D eigenvalue weighted by Crippen LogP contribution is 2.51. The minimum atomic E-state index is -0.956. The molecule has 0 bridgehead atoms. The Morgan fingerprint density at radius 3 is 2.47 bits per heavy atom. The van der Waals surface area contributed by atoms with Gasteiger partial charge < -0.3 is 44.1 Å². The quantitative estimate of drug-likeness (QED) is 0.224. The normalized spacial score (nSPS) is 22.6. The van der Waals surface area contributed by atoms with E-state index in [0.717, 1.165) is 23.1 Å². The van der Waals surface area contributed by atoms with Crippen LogP contribution in [0.15, 0.2) is 48.5 Å². The van der Waals surface area contributed by atoms with E-state index in [-0.39, 0.29) is 19.0 Å². The highest BCUT2D eigenvalue weighted by Gasteiger charge is 2.47. The Morgan fingerprint density at radius 2 is 1.74 bits per heavy atom. The van der Waals surface area contributed by atoms with Crippen LogP contribution in [0.4, 0.5) is 0 Å². The van der Waals surface area contributed by atoms with E-state index in [2.05, 4.69) is 0 Å². The van der Waals surface area contributed by atoms with Crippen LogP contribution in [0.1, 0.15) is 59.3 Å². The molecule has 0 radical (unpaired) electrons. The zero-order valence-corrected chi connectivity index (χ0v) is 25.0. The summed E-state index contributed by atoms with van der Waals surface area (Å²) >= 11 is 0. The Kier molecular flexibility index (Phi) is 9.97. The van der Waals surface area contributed by atoms with E-state index in [9.17, 15) is 20.4 Å². The Morgan fingerprint density at radius 1 is 0.907 bits per heavy atom. The Labute approximate surface area is 252 Å². The van der Waals surface area contributed by atoms with E-state index in [0.29, 0.717) is 66.4 Å². The number of benzene rings is 3. The maximum Gasteiger partial charge on any atom is 0.128 e. The molecule has 3 aromatic carbocycles. The van der Waals surface area contributed by atoms with Crippen LogP contribution in [0.3, 0.4) is 0 Å². The molecule has 9 nitrogen and oxygen atoms in total. The average molecular weight is 595 g/mol. The van der Waals surface area contributed by atoms with E-state index < -0.39 is 30.1 Å². The molecule has 0 amide bonds. The summed E-state index contributed by atoms with van der Waals surface area (Å²) in [6, 6.07) is 14.4. The molecule has 5 atom stereocenters. The fraction of sp³-hybridized carbons (Fsp3) is 0.471. The molecule has 0 fully saturated rings. The van der Waals surface area contributed by atoms with E-state index in [4.69, 9.17) is 23.7 Å². The van der Waals surface area contributed by atoms with E-state index in [1.54, 1.807) is 45.6 Å². The first-order chi connectivity index (χ1) is 20.9. The van der Waals surface area contributed by atoms with Crippen LogP contribution in [0.25, 0.3) is 0 Å². The van der Waals surface area contributed by atoms with Crippen LogP contribution >= 0.6 is 0 Å². The monoisotopic (exact) mass is 594 g/mol. The van der Waals surface area contributed by atoms with Crippen molar-refractivity contribution in [3.8, 4) is 28.7 Å². The van der Waals surface area contributed by atoms with Gasteiger partial charge in [-0.15, -0.1) is 0 Å². The lowest BCUT2D eigenvalue weighted by Crippen LogP contribution is -2.46. The molecule has 2 heterocycles. The molecule has 4 N–H and O–H groups in total. The molecule has 0 saturated heterocycles. The summed E-state index contributed by atoms with van der Waals surface area (Å²) < 4.78 is 29.5. The predicted octanol–water partition coefficient (Wildman–Crippen LogP) is 4.50. The standard InChI is InChI=1S/C34H42O9/c1-39-12-6-10-28-31(33(38)25-18-29(41-3)21(8-5-11-35)16-30(25)43-28)27-19-42-34-22(13-20-7-4-9-23(36)14-20)15-24(40-2)17-26(34)32(27)37/h4,7,9,14-18,27-28,31-33,35-38H,5-6,8,10-13,19H2,1-3H3/t27-,28+,31-,32-,33+/m1/s1. The molecule has 43 heavy (non-hydrogen) atoms. The van der Waals surface area contributed by atoms with E-state index >= 15 is 0 Å². The van der Waals surface area contributed by atoms with Gasteiger partial charge in [0.15, 0.2) is 0 Å². The van der Waals surface area contributed by atoms with Gasteiger partial charge in [0, 0.05) is 55.3 Å². The number of rotatable bonds is 12. The van der Waals surface area contributed by atoms with Crippen molar-refractivity contribution in [1.29, 1.82) is 0 Å². The SMILES string of the molecule is COCCC[C@@H]1Oc2cc(CCCO)c(OC)cc2[C@H](O)[C@@H]1[C@H]1COc2c(Cc3cccc(O)c3)cc(OC)cc2[C@H]1O. The molecule has 0 spiro atoms. The van der Waals surface area contributed by atoms with Crippen LogP contribution in [-0.2, 0) is 17.6 Å². The summed E-state index contributed by atoms with van der Waals surface area (Å²) in [4.78, 5) is 0. The van der Waals surface area contributed by atoms with Crippen molar-refractivity contribution in [1.82, 2.24) is 0 Å². The zero-order chi connectivity index (χ0) is 30.5. The van der Waals surface area contributed by atoms with Gasteiger partial charge in [-0.05, 0) is 73.2 Å². The Balaban J connectivity index is 1.50. The van der Waals surface area contributed by atoms with Crippen molar-refractivity contribution in [2.24, 2.45) is 11.8 Å². The smallest absolute Gasteiger partial charge is 0.128 e. The molecular weight excluding hydrogens is 552 g/mol. The number of aromatic hydroxyl groups is 1. The first-order valence-electron chi connectivity index (χ1n) is 14.8. The second kappa shape index (κ2) is 13.9. The van der Waals surface area contributed by atoms with Gasteiger partial charge in [0.25, 0.3) is 0 Å². The second-order valence-electron chi connectivity index (χ2n) is 11.3. The minimum Gasteiger partial charge on any atom is -0.508 e. The van der Waals surface area contributed by atoms with Gasteiger partial charge in [-0.25, -0.2) is 0 Å². The van der Waals surface area contributed by atoms with Crippen LogP contribution < -0.4 is 18.9 Å². The van der Waals surface area contributed by atoms with E-state index in [1.807, 2.05) is 24.3 Å². The van der Waals surface area contributed by atoms with Crippen molar-refractivity contribution in [3.63, 3.8) is 0 Å². The fourth-order valence-electron chi connectivity index (χ4n) is 6.49. The van der Waals surface area contributed by atoms with Crippen molar-refractivity contribution in [2.45, 2.75) is 50.4 Å². The van der Waals surface area contributed by atoms with E-state index in [1.165, 1.54) is 0 Å². The summed E-state index contributed by atoms with van der Waals surface area (Å²) in [5.74, 6) is 1.59. The number of methoxy groups -OCH3 is 3. The molecule has 3 aromatic rings. The predicted molar refractivity (Wildman–Crippen MR) is 160 cm³/mol. The molecule has 0 aromatic heterocycles. The highest BCUT2D eigenvalue weighted by molar-refractivity contribution is 5.53. The molecule has 0 saturated carbocycles. The highest BCUT2D eigenvalue weighted by atomic mass is 16.5. The number of aryl methyl sites for hydroxylation is 1. The minimum absolute atomic E-state index is 0.0623. The fourth-order valence-corrected chi connectivity index (χ4v) is 6.49. The number of hydrogen-bond acceptors (Lipinski definition) is 9. The molecule has 2 aliphatic rings. The average Bonchev–Trinajstić information content (AvgIpc) is 3.00. The van der Waals surface area contributed by atoms with Crippen molar-refractivity contribution in [2.75, 3.05) is 41.2 Å². The van der Waals surface area contributed by atoms with Gasteiger partial charge in [0.2, 0.25) is 0 Å². The third kappa shape index (κ3) is 6.55. The molecule has 2 aliphatic heterocycles. The maximum atomic E-state index is 11.9. The summed E-state index contributed by atoms with van der Waals surface area (Å²) in [7, 11) is 4.82. The zero-order valence-electron chi connectivity index (χ0n) is 25.0. The van der Waals surface area contributed by atoms with Crippen LogP contribution in [0, 0.1) is 11.8 Å². The molecule has 9 heteroatoms. The lowest BCUT2D eigenvalue weighted by Gasteiger charge is -2.45. The maximum absolute atomic E-state index is 11.9. The Hall–Kier alpha value is -3.50. The van der Waals surface area contributed by atoms with Crippen molar-refractivity contribution < 1.29 is 44.1 Å². The molecular formula is C34H42O9. The van der Waals surface area contributed by atoms with Gasteiger partial charge in [-0.1, -0.05) is 12.1 Å². The Bertz CT molecular complexity index is 1390. The summed E-state index contributed by atoms with van der Waals surface area (Å²) in [5, 5.41) is 43.2. The lowest BCUT2D eigenvalue weighted by atomic mass is 9.72. The van der Waals surface area contributed by atoms with Crippen LogP contribution in [0.5, 0.6) is 28.7 Å². The number of phenols is 1. The van der Waals surface area contributed by atoms with Gasteiger partial charge in [-0.3, -0.25) is 0 Å². The summed E-state index contributed by atoms with van der Waals surface area (Å²) in [6.07, 6.45) is 0.702. The number of aliphatic hydroxyl groups excluding tert-OH is 3. The first-order valence-corrected chi connectivity index (χ1v) is 14.8. The largest absolute Gasteiger partial charge is 0.508 e. The summed E-state index contributed by atoms with van der Waals surface area (Å²) in [6.45, 7) is 0.787. The molecule has 0 aliphatic carbocycles. The van der Waals surface area contributed by atoms with Gasteiger partial charge in [0.1, 0.15) is 34.9 Å². The number of fused-ring (bicyclic) bond motifs is 2. The van der Waals surface area contributed by atoms with Gasteiger partial charge >= 0.3 is 0 Å². The third-order valence-corrected chi connectivity index (χ3v) is 8.59. The molecule has 5 rings (SSSR count). The first kappa shape index (κ1) is 30.9. The molecule has 232 valence electrons. The van der Waals surface area contributed by atoms with Crippen LogP contribution in [-0.4, -0.2) is 67.7 Å². The second-order valence-corrected chi connectivity index (χ2v) is 11.3. The lowest BCUT2D eigenvalue weighted by molar-refractivity contribution is -0.0889. The summed E-state index contributed by atoms with van der Waals surface area (Å²) in [5.41, 5.74) is 3.83. The van der Waals surface area contributed by atoms with Crippen molar-refractivity contribution in [3.05, 3.63) is 76.3 Å². The van der Waals surface area contributed by atoms with Crippen molar-refractivity contribution >= 4 is 0 Å². The molecule has 0 unspecified atom stereocenters. The van der Waals surface area contributed by atoms with Gasteiger partial charge in [-0.2, -0.15) is 0 Å². The van der Waals surface area contributed by atoms with Crippen LogP contribution in [0.2, 0.25) is 0 Å². The number of aliphatic hydroxyl groups is 3. The number of phenolic OH excluding ortho intramolecular Hbond substituents is 1. The van der Waals surface area contributed by atoms with Gasteiger partial charge in [0.05, 0.1) is 33.0 Å². The number of hydrogen-bond donors (Lipinski definition) is 4.